The predicted octanol–water partition coefficient (Wildman–Crippen LogP) is 2.48. The lowest BCUT2D eigenvalue weighted by molar-refractivity contribution is 0.0839. The molecule has 0 aromatic rings. The first-order valence-electron chi connectivity index (χ1n) is 7.16. The second kappa shape index (κ2) is 8.06. The second-order valence-electron chi connectivity index (χ2n) is 5.56. The van der Waals surface area contributed by atoms with E-state index in [9.17, 15) is 5.11 Å². The summed E-state index contributed by atoms with van der Waals surface area (Å²) in [6.45, 7) is 6.12. The van der Waals surface area contributed by atoms with Crippen LogP contribution in [-0.2, 0) is 4.74 Å². The van der Waals surface area contributed by atoms with Crippen LogP contribution in [0.2, 0.25) is 0 Å². The summed E-state index contributed by atoms with van der Waals surface area (Å²) in [5.41, 5.74) is -0.148. The summed E-state index contributed by atoms with van der Waals surface area (Å²) in [6.07, 6.45) is 8.43. The lowest BCUT2D eigenvalue weighted by Gasteiger charge is -2.28. The highest BCUT2D eigenvalue weighted by Gasteiger charge is 2.31. The molecule has 0 amide bonds. The van der Waals surface area contributed by atoms with Gasteiger partial charge in [0.25, 0.3) is 0 Å². The minimum absolute atomic E-state index is 0.148. The third kappa shape index (κ3) is 7.02. The number of nitrogens with one attached hydrogen (secondary N) is 1. The van der Waals surface area contributed by atoms with Crippen LogP contribution in [0.25, 0.3) is 0 Å². The van der Waals surface area contributed by atoms with E-state index in [4.69, 9.17) is 4.74 Å². The molecule has 102 valence electrons. The van der Waals surface area contributed by atoms with Crippen molar-refractivity contribution in [3.8, 4) is 0 Å². The Labute approximate surface area is 106 Å². The van der Waals surface area contributed by atoms with Crippen molar-refractivity contribution >= 4 is 0 Å². The molecular weight excluding hydrogens is 214 g/mol. The molecule has 3 heteroatoms. The quantitative estimate of drug-likeness (QED) is 0.548. The van der Waals surface area contributed by atoms with E-state index in [-0.39, 0.29) is 12.1 Å². The molecule has 1 aliphatic rings. The van der Waals surface area contributed by atoms with Gasteiger partial charge in [0.15, 0.2) is 0 Å². The predicted molar refractivity (Wildman–Crippen MR) is 71.2 cm³/mol. The Morgan fingerprint density at radius 2 is 2.00 bits per heavy atom. The van der Waals surface area contributed by atoms with Crippen molar-refractivity contribution in [3.05, 3.63) is 0 Å². The van der Waals surface area contributed by atoms with Crippen molar-refractivity contribution < 1.29 is 9.84 Å². The maximum absolute atomic E-state index is 9.42. The Morgan fingerprint density at radius 3 is 2.59 bits per heavy atom. The molecule has 0 spiro atoms. The minimum atomic E-state index is -0.148. The standard InChI is InChI=1S/C14H29NO2/c1-3-4-5-6-10-17-11-9-14(2,12-16)15-13-7-8-13/h13,15-16H,3-12H2,1-2H3. The fourth-order valence-corrected chi connectivity index (χ4v) is 1.95. The summed E-state index contributed by atoms with van der Waals surface area (Å²) >= 11 is 0. The van der Waals surface area contributed by atoms with Crippen molar-refractivity contribution in [2.75, 3.05) is 19.8 Å². The zero-order valence-electron chi connectivity index (χ0n) is 11.5. The van der Waals surface area contributed by atoms with Crippen LogP contribution < -0.4 is 5.32 Å². The molecule has 1 rings (SSSR count). The summed E-state index contributed by atoms with van der Waals surface area (Å²) in [4.78, 5) is 0. The summed E-state index contributed by atoms with van der Waals surface area (Å²) in [5.74, 6) is 0. The summed E-state index contributed by atoms with van der Waals surface area (Å²) in [5, 5.41) is 12.9. The van der Waals surface area contributed by atoms with Crippen LogP contribution in [0.3, 0.4) is 0 Å². The van der Waals surface area contributed by atoms with Gasteiger partial charge in [-0.2, -0.15) is 0 Å². The van der Waals surface area contributed by atoms with Gasteiger partial charge in [0.2, 0.25) is 0 Å². The smallest absolute Gasteiger partial charge is 0.0611 e. The zero-order valence-corrected chi connectivity index (χ0v) is 11.5. The first-order valence-corrected chi connectivity index (χ1v) is 7.16. The van der Waals surface area contributed by atoms with E-state index in [1.807, 2.05) is 0 Å². The van der Waals surface area contributed by atoms with Gasteiger partial charge in [-0.25, -0.2) is 0 Å². The van der Waals surface area contributed by atoms with Crippen LogP contribution in [0, 0.1) is 0 Å². The minimum Gasteiger partial charge on any atom is -0.394 e. The Balaban J connectivity index is 1.98. The molecule has 1 fully saturated rings. The van der Waals surface area contributed by atoms with Crippen LogP contribution in [0.1, 0.15) is 58.8 Å². The maximum Gasteiger partial charge on any atom is 0.0611 e. The molecule has 0 bridgehead atoms. The number of rotatable bonds is 11. The highest BCUT2D eigenvalue weighted by Crippen LogP contribution is 2.23. The molecule has 1 aliphatic carbocycles. The second-order valence-corrected chi connectivity index (χ2v) is 5.56. The highest BCUT2D eigenvalue weighted by atomic mass is 16.5. The van der Waals surface area contributed by atoms with Crippen molar-refractivity contribution in [1.29, 1.82) is 0 Å². The fourth-order valence-electron chi connectivity index (χ4n) is 1.95. The molecule has 0 aromatic heterocycles. The van der Waals surface area contributed by atoms with Gasteiger partial charge in [-0.05, 0) is 32.6 Å². The number of unbranched alkanes of at least 4 members (excludes halogenated alkanes) is 3. The lowest BCUT2D eigenvalue weighted by atomic mass is 9.99. The number of ether oxygens (including phenoxy) is 1. The number of hydrogen-bond donors (Lipinski definition) is 2. The number of aliphatic hydroxyl groups excluding tert-OH is 1. The number of aliphatic hydroxyl groups is 1. The molecule has 0 radical (unpaired) electrons. The van der Waals surface area contributed by atoms with E-state index in [2.05, 4.69) is 19.2 Å². The normalized spacial score (nSPS) is 19.2. The van der Waals surface area contributed by atoms with Crippen molar-refractivity contribution in [1.82, 2.24) is 5.32 Å². The van der Waals surface area contributed by atoms with Gasteiger partial charge in [-0.15, -0.1) is 0 Å². The van der Waals surface area contributed by atoms with Crippen LogP contribution in [0.5, 0.6) is 0 Å². The van der Waals surface area contributed by atoms with Gasteiger partial charge in [0.05, 0.1) is 6.61 Å². The molecule has 0 heterocycles. The van der Waals surface area contributed by atoms with Gasteiger partial charge in [-0.3, -0.25) is 0 Å². The molecule has 1 unspecified atom stereocenters. The van der Waals surface area contributed by atoms with Gasteiger partial charge >= 0.3 is 0 Å². The molecular formula is C14H29NO2. The maximum atomic E-state index is 9.42. The van der Waals surface area contributed by atoms with E-state index in [0.717, 1.165) is 19.6 Å². The SMILES string of the molecule is CCCCCCOCCC(C)(CO)NC1CC1. The zero-order chi connectivity index (χ0) is 12.6. The summed E-state index contributed by atoms with van der Waals surface area (Å²) in [6, 6.07) is 0.636. The fraction of sp³-hybridized carbons (Fsp3) is 1.00. The van der Waals surface area contributed by atoms with E-state index in [1.54, 1.807) is 0 Å². The molecule has 0 saturated heterocycles. The first-order chi connectivity index (χ1) is 8.20. The monoisotopic (exact) mass is 243 g/mol. The molecule has 0 aliphatic heterocycles. The Hall–Kier alpha value is -0.120. The first kappa shape index (κ1) is 14.9. The van der Waals surface area contributed by atoms with E-state index in [1.165, 1.54) is 38.5 Å². The Kier molecular flexibility index (Phi) is 7.09. The average molecular weight is 243 g/mol. The van der Waals surface area contributed by atoms with E-state index < -0.39 is 0 Å². The van der Waals surface area contributed by atoms with Crippen LogP contribution >= 0.6 is 0 Å². The van der Waals surface area contributed by atoms with E-state index in [0.29, 0.717) is 6.04 Å². The van der Waals surface area contributed by atoms with Gasteiger partial charge < -0.3 is 15.2 Å². The molecule has 2 N–H and O–H groups in total. The van der Waals surface area contributed by atoms with Crippen molar-refractivity contribution in [2.45, 2.75) is 70.4 Å². The van der Waals surface area contributed by atoms with Gasteiger partial charge in [0, 0.05) is 24.8 Å². The van der Waals surface area contributed by atoms with Gasteiger partial charge in [0.1, 0.15) is 0 Å². The lowest BCUT2D eigenvalue weighted by Crippen LogP contribution is -2.47. The molecule has 1 atom stereocenters. The third-order valence-electron chi connectivity index (χ3n) is 3.42. The topological polar surface area (TPSA) is 41.5 Å². The van der Waals surface area contributed by atoms with Crippen molar-refractivity contribution in [3.63, 3.8) is 0 Å². The summed E-state index contributed by atoms with van der Waals surface area (Å²) in [7, 11) is 0. The Morgan fingerprint density at radius 1 is 1.24 bits per heavy atom. The van der Waals surface area contributed by atoms with Crippen LogP contribution in [0.15, 0.2) is 0 Å². The summed E-state index contributed by atoms with van der Waals surface area (Å²) < 4.78 is 5.63. The largest absolute Gasteiger partial charge is 0.394 e. The highest BCUT2D eigenvalue weighted by molar-refractivity contribution is 4.92. The molecule has 0 aromatic carbocycles. The molecule has 3 nitrogen and oxygen atoms in total. The molecule has 1 saturated carbocycles. The Bertz CT molecular complexity index is 195. The van der Waals surface area contributed by atoms with Crippen molar-refractivity contribution in [2.24, 2.45) is 0 Å². The molecule has 17 heavy (non-hydrogen) atoms. The van der Waals surface area contributed by atoms with E-state index >= 15 is 0 Å². The average Bonchev–Trinajstić information content (AvgIpc) is 3.12. The van der Waals surface area contributed by atoms with Gasteiger partial charge in [-0.1, -0.05) is 26.2 Å². The number of hydrogen-bond acceptors (Lipinski definition) is 3. The van der Waals surface area contributed by atoms with Crippen LogP contribution in [-0.4, -0.2) is 36.5 Å². The third-order valence-corrected chi connectivity index (χ3v) is 3.42. The van der Waals surface area contributed by atoms with Crippen LogP contribution in [0.4, 0.5) is 0 Å².